The summed E-state index contributed by atoms with van der Waals surface area (Å²) < 4.78 is 0. The van der Waals surface area contributed by atoms with E-state index in [2.05, 4.69) is 70.1 Å². The van der Waals surface area contributed by atoms with Gasteiger partial charge in [-0.3, -0.25) is 9.80 Å². The van der Waals surface area contributed by atoms with Gasteiger partial charge in [-0.2, -0.15) is 0 Å². The third-order valence-electron chi connectivity index (χ3n) is 6.06. The second-order valence-corrected chi connectivity index (χ2v) is 8.97. The average Bonchev–Trinajstić information content (AvgIpc) is 2.55. The van der Waals surface area contributed by atoms with E-state index in [1.165, 1.54) is 52.1 Å². The molecular formula is C23H53N3. The molecule has 0 aliphatic carbocycles. The Labute approximate surface area is 167 Å². The molecule has 2 fully saturated rings. The van der Waals surface area contributed by atoms with Crippen molar-refractivity contribution in [3.05, 3.63) is 0 Å². The first-order valence-electron chi connectivity index (χ1n) is 10.4. The van der Waals surface area contributed by atoms with Crippen LogP contribution in [0.3, 0.4) is 0 Å². The van der Waals surface area contributed by atoms with Gasteiger partial charge in [0, 0.05) is 44.3 Å². The summed E-state index contributed by atoms with van der Waals surface area (Å²) in [6.07, 6.45) is 2.83. The quantitative estimate of drug-likeness (QED) is 0.650. The molecule has 0 spiro atoms. The standard InChI is InChI=1S/C11H23N.C10H22N2.2CH4/c2*1-9(2)11-5-7-12(8-6-11)10(3)4;;/h9-11H,5-8H2,1-4H3;9-10H,5-8H2,1-4H3;2*1H4. The summed E-state index contributed by atoms with van der Waals surface area (Å²) in [4.78, 5) is 7.70. The van der Waals surface area contributed by atoms with E-state index in [0.29, 0.717) is 0 Å². The lowest BCUT2D eigenvalue weighted by Gasteiger charge is -2.38. The molecule has 0 aromatic rings. The van der Waals surface area contributed by atoms with Gasteiger partial charge >= 0.3 is 0 Å². The van der Waals surface area contributed by atoms with Gasteiger partial charge in [0.15, 0.2) is 0 Å². The summed E-state index contributed by atoms with van der Waals surface area (Å²) in [5.41, 5.74) is 0. The van der Waals surface area contributed by atoms with Crippen LogP contribution in [0.1, 0.15) is 83.1 Å². The van der Waals surface area contributed by atoms with Gasteiger partial charge in [-0.1, -0.05) is 28.7 Å². The Morgan fingerprint density at radius 1 is 0.500 bits per heavy atom. The van der Waals surface area contributed by atoms with Crippen molar-refractivity contribution in [1.82, 2.24) is 14.7 Å². The highest BCUT2D eigenvalue weighted by molar-refractivity contribution is 4.76. The number of piperidine rings is 1. The molecule has 0 atom stereocenters. The summed E-state index contributed by atoms with van der Waals surface area (Å²) in [6.45, 7) is 26.1. The molecule has 0 N–H and O–H groups in total. The fraction of sp³-hybridized carbons (Fsp3) is 1.00. The first-order chi connectivity index (χ1) is 11.2. The van der Waals surface area contributed by atoms with Crippen LogP contribution >= 0.6 is 0 Å². The molecule has 2 heterocycles. The van der Waals surface area contributed by atoms with Crippen molar-refractivity contribution in [1.29, 1.82) is 0 Å². The Hall–Kier alpha value is -0.120. The van der Waals surface area contributed by atoms with E-state index in [-0.39, 0.29) is 14.9 Å². The second kappa shape index (κ2) is 14.0. The minimum absolute atomic E-state index is 0. The Balaban J connectivity index is 0. The summed E-state index contributed by atoms with van der Waals surface area (Å²) >= 11 is 0. The SMILES string of the molecule is C.C.CC(C)C1CCN(C(C)C)CC1.CC(C)N1CCN(C(C)C)CC1. The Kier molecular flexibility index (Phi) is 15.1. The van der Waals surface area contributed by atoms with Crippen molar-refractivity contribution in [2.24, 2.45) is 11.8 Å². The molecule has 0 bridgehead atoms. The monoisotopic (exact) mass is 371 g/mol. The molecule has 3 heteroatoms. The van der Waals surface area contributed by atoms with Crippen molar-refractivity contribution in [2.75, 3.05) is 39.3 Å². The van der Waals surface area contributed by atoms with Gasteiger partial charge in [0.1, 0.15) is 0 Å². The first kappa shape index (κ1) is 28.1. The van der Waals surface area contributed by atoms with Gasteiger partial charge in [-0.05, 0) is 79.3 Å². The van der Waals surface area contributed by atoms with Gasteiger partial charge in [0.25, 0.3) is 0 Å². The lowest BCUT2D eigenvalue weighted by molar-refractivity contribution is 0.0887. The lowest BCUT2D eigenvalue weighted by atomic mass is 9.86. The highest BCUT2D eigenvalue weighted by atomic mass is 15.3. The topological polar surface area (TPSA) is 9.72 Å². The van der Waals surface area contributed by atoms with Gasteiger partial charge in [0.05, 0.1) is 0 Å². The molecule has 2 aliphatic rings. The van der Waals surface area contributed by atoms with E-state index < -0.39 is 0 Å². The maximum absolute atomic E-state index is 2.60. The van der Waals surface area contributed by atoms with E-state index in [9.17, 15) is 0 Å². The zero-order valence-electron chi connectivity index (χ0n) is 17.9. The molecule has 160 valence electrons. The Morgan fingerprint density at radius 3 is 1.00 bits per heavy atom. The van der Waals surface area contributed by atoms with Crippen molar-refractivity contribution in [3.8, 4) is 0 Å². The van der Waals surface area contributed by atoms with E-state index in [0.717, 1.165) is 30.0 Å². The van der Waals surface area contributed by atoms with Crippen molar-refractivity contribution < 1.29 is 0 Å². The maximum Gasteiger partial charge on any atom is 0.0113 e. The van der Waals surface area contributed by atoms with E-state index in [1.807, 2.05) is 0 Å². The summed E-state index contributed by atoms with van der Waals surface area (Å²) in [7, 11) is 0. The number of rotatable bonds is 4. The second-order valence-electron chi connectivity index (χ2n) is 8.97. The normalized spacial score (nSPS) is 20.8. The molecule has 0 amide bonds. The van der Waals surface area contributed by atoms with Crippen LogP contribution in [0.2, 0.25) is 0 Å². The van der Waals surface area contributed by atoms with Crippen molar-refractivity contribution in [2.45, 2.75) is 101 Å². The van der Waals surface area contributed by atoms with Crippen LogP contribution in [0.25, 0.3) is 0 Å². The largest absolute Gasteiger partial charge is 0.301 e. The molecule has 26 heavy (non-hydrogen) atoms. The van der Waals surface area contributed by atoms with Crippen LogP contribution in [0.4, 0.5) is 0 Å². The summed E-state index contributed by atoms with van der Waals surface area (Å²) in [5.74, 6) is 1.87. The number of nitrogens with zero attached hydrogens (tertiary/aromatic N) is 3. The number of piperazine rings is 1. The van der Waals surface area contributed by atoms with Crippen LogP contribution < -0.4 is 0 Å². The summed E-state index contributed by atoms with van der Waals surface area (Å²) in [5, 5.41) is 0. The van der Waals surface area contributed by atoms with Gasteiger partial charge in [-0.15, -0.1) is 0 Å². The van der Waals surface area contributed by atoms with Crippen LogP contribution in [0, 0.1) is 11.8 Å². The van der Waals surface area contributed by atoms with Crippen LogP contribution in [-0.2, 0) is 0 Å². The fourth-order valence-electron chi connectivity index (χ4n) is 3.87. The van der Waals surface area contributed by atoms with E-state index in [1.54, 1.807) is 0 Å². The minimum atomic E-state index is 0. The van der Waals surface area contributed by atoms with Crippen molar-refractivity contribution in [3.63, 3.8) is 0 Å². The van der Waals surface area contributed by atoms with Crippen molar-refractivity contribution >= 4 is 0 Å². The molecule has 2 saturated heterocycles. The molecule has 0 radical (unpaired) electrons. The highest BCUT2D eigenvalue weighted by Gasteiger charge is 2.22. The number of hydrogen-bond acceptors (Lipinski definition) is 3. The fourth-order valence-corrected chi connectivity index (χ4v) is 3.87. The van der Waals surface area contributed by atoms with Gasteiger partial charge in [-0.25, -0.2) is 0 Å². The lowest BCUT2D eigenvalue weighted by Crippen LogP contribution is -2.50. The van der Waals surface area contributed by atoms with E-state index in [4.69, 9.17) is 0 Å². The van der Waals surface area contributed by atoms with Gasteiger partial charge in [0.2, 0.25) is 0 Å². The van der Waals surface area contributed by atoms with Crippen LogP contribution in [-0.4, -0.2) is 72.1 Å². The zero-order chi connectivity index (χ0) is 18.3. The van der Waals surface area contributed by atoms with Gasteiger partial charge < -0.3 is 4.90 Å². The predicted molar refractivity (Wildman–Crippen MR) is 121 cm³/mol. The zero-order valence-corrected chi connectivity index (χ0v) is 17.9. The third kappa shape index (κ3) is 9.71. The van der Waals surface area contributed by atoms with Crippen LogP contribution in [0.15, 0.2) is 0 Å². The molecule has 0 saturated carbocycles. The van der Waals surface area contributed by atoms with E-state index >= 15 is 0 Å². The molecular weight excluding hydrogens is 318 g/mol. The Bertz CT molecular complexity index is 245. The minimum Gasteiger partial charge on any atom is -0.301 e. The highest BCUT2D eigenvalue weighted by Crippen LogP contribution is 2.25. The first-order valence-corrected chi connectivity index (χ1v) is 10.4. The smallest absolute Gasteiger partial charge is 0.0113 e. The Morgan fingerprint density at radius 2 is 0.769 bits per heavy atom. The molecule has 2 aliphatic heterocycles. The molecule has 0 aromatic carbocycles. The average molecular weight is 372 g/mol. The number of hydrogen-bond donors (Lipinski definition) is 0. The molecule has 2 rings (SSSR count). The molecule has 0 aromatic heterocycles. The third-order valence-corrected chi connectivity index (χ3v) is 6.06. The van der Waals surface area contributed by atoms with Crippen LogP contribution in [0.5, 0.6) is 0 Å². The summed E-state index contributed by atoms with van der Waals surface area (Å²) in [6, 6.07) is 2.19. The predicted octanol–water partition coefficient (Wildman–Crippen LogP) is 5.46. The maximum atomic E-state index is 2.60. The molecule has 0 unspecified atom stereocenters. The number of likely N-dealkylation sites (tertiary alicyclic amines) is 1. The molecule has 3 nitrogen and oxygen atoms in total.